The fourth-order valence-corrected chi connectivity index (χ4v) is 2.93. The van der Waals surface area contributed by atoms with Gasteiger partial charge >= 0.3 is 5.97 Å². The number of ether oxygens (including phenoxy) is 4. The second-order valence-electron chi connectivity index (χ2n) is 5.86. The molecule has 1 unspecified atom stereocenters. The largest absolute Gasteiger partial charge is 0.497 e. The highest BCUT2D eigenvalue weighted by molar-refractivity contribution is 5.81. The lowest BCUT2D eigenvalue weighted by molar-refractivity contribution is -0.145. The average molecular weight is 342 g/mol. The van der Waals surface area contributed by atoms with Gasteiger partial charge in [-0.25, -0.2) is 4.79 Å². The molecule has 1 aliphatic rings. The number of hydrogen-bond acceptors (Lipinski definition) is 5. The van der Waals surface area contributed by atoms with Gasteiger partial charge < -0.3 is 18.9 Å². The Kier molecular flexibility index (Phi) is 4.95. The molecule has 0 saturated carbocycles. The first-order valence-corrected chi connectivity index (χ1v) is 8.29. The normalized spacial score (nSPS) is 17.6. The molecule has 2 aromatic rings. The summed E-state index contributed by atoms with van der Waals surface area (Å²) in [4.78, 5) is 12.4. The van der Waals surface area contributed by atoms with E-state index in [4.69, 9.17) is 18.9 Å². The minimum absolute atomic E-state index is 0.339. The molecule has 1 saturated heterocycles. The molecule has 0 N–H and O–H groups in total. The molecule has 0 radical (unpaired) electrons. The van der Waals surface area contributed by atoms with Crippen molar-refractivity contribution in [2.45, 2.75) is 25.0 Å². The third-order valence-electron chi connectivity index (χ3n) is 4.32. The van der Waals surface area contributed by atoms with Crippen LogP contribution in [0.5, 0.6) is 11.5 Å². The summed E-state index contributed by atoms with van der Waals surface area (Å²) in [7, 11) is 3.24. The molecule has 132 valence electrons. The standard InChI is InChI=1S/C20H22O5/c1-4-13-24-19(21)18-20(25-18,14-5-9-16(22-2)10-6-14)15-7-11-17(23-3)12-8-15/h5-12,18H,4,13H2,1-3H3. The molecule has 2 aromatic carbocycles. The first-order chi connectivity index (χ1) is 12.2. The van der Waals surface area contributed by atoms with Crippen LogP contribution in [0.3, 0.4) is 0 Å². The number of carbonyl (C=O) groups is 1. The summed E-state index contributed by atoms with van der Waals surface area (Å²) in [6, 6.07) is 15.1. The van der Waals surface area contributed by atoms with Gasteiger partial charge in [-0.1, -0.05) is 31.2 Å². The van der Waals surface area contributed by atoms with Crippen LogP contribution in [0, 0.1) is 0 Å². The van der Waals surface area contributed by atoms with Crippen molar-refractivity contribution in [1.29, 1.82) is 0 Å². The van der Waals surface area contributed by atoms with Gasteiger partial charge in [-0.15, -0.1) is 0 Å². The van der Waals surface area contributed by atoms with E-state index < -0.39 is 11.7 Å². The number of methoxy groups -OCH3 is 2. The molecule has 1 atom stereocenters. The Hall–Kier alpha value is -2.53. The summed E-state index contributed by atoms with van der Waals surface area (Å²) >= 11 is 0. The van der Waals surface area contributed by atoms with Gasteiger partial charge in [-0.05, 0) is 41.8 Å². The van der Waals surface area contributed by atoms with Gasteiger partial charge in [0.15, 0.2) is 11.7 Å². The highest BCUT2D eigenvalue weighted by Gasteiger charge is 2.64. The van der Waals surface area contributed by atoms with Gasteiger partial charge in [0, 0.05) is 0 Å². The molecule has 1 fully saturated rings. The molecule has 5 heteroatoms. The van der Waals surface area contributed by atoms with E-state index in [1.165, 1.54) is 0 Å². The van der Waals surface area contributed by atoms with Gasteiger partial charge in [0.05, 0.1) is 20.8 Å². The molecule has 0 aliphatic carbocycles. The Labute approximate surface area is 147 Å². The predicted molar refractivity (Wildman–Crippen MR) is 92.9 cm³/mol. The Morgan fingerprint density at radius 1 is 0.960 bits per heavy atom. The molecular weight excluding hydrogens is 320 g/mol. The first-order valence-electron chi connectivity index (χ1n) is 8.29. The molecule has 1 aliphatic heterocycles. The van der Waals surface area contributed by atoms with Crippen LogP contribution < -0.4 is 9.47 Å². The molecule has 5 nitrogen and oxygen atoms in total. The molecule has 1 heterocycles. The van der Waals surface area contributed by atoms with E-state index in [9.17, 15) is 4.79 Å². The fraction of sp³-hybridized carbons (Fsp3) is 0.350. The van der Waals surface area contributed by atoms with Crippen molar-refractivity contribution in [1.82, 2.24) is 0 Å². The Morgan fingerprint density at radius 3 is 1.84 bits per heavy atom. The molecular formula is C20H22O5. The molecule has 0 spiro atoms. The van der Waals surface area contributed by atoms with E-state index in [-0.39, 0.29) is 5.97 Å². The zero-order chi connectivity index (χ0) is 17.9. The third-order valence-corrected chi connectivity index (χ3v) is 4.32. The maximum absolute atomic E-state index is 12.4. The van der Waals surface area contributed by atoms with E-state index in [2.05, 4.69) is 0 Å². The first kappa shape index (κ1) is 17.3. The SMILES string of the molecule is CCCOC(=O)C1OC1(c1ccc(OC)cc1)c1ccc(OC)cc1. The second-order valence-corrected chi connectivity index (χ2v) is 5.86. The minimum atomic E-state index is -0.830. The lowest BCUT2D eigenvalue weighted by atomic mass is 9.87. The van der Waals surface area contributed by atoms with Crippen LogP contribution in [0.15, 0.2) is 48.5 Å². The average Bonchev–Trinajstić information content (AvgIpc) is 3.43. The Balaban J connectivity index is 1.95. The van der Waals surface area contributed by atoms with Crippen LogP contribution in [0.4, 0.5) is 0 Å². The van der Waals surface area contributed by atoms with E-state index in [0.29, 0.717) is 6.61 Å². The second kappa shape index (κ2) is 7.15. The van der Waals surface area contributed by atoms with Crippen molar-refractivity contribution in [3.63, 3.8) is 0 Å². The number of esters is 1. The molecule has 0 aromatic heterocycles. The quantitative estimate of drug-likeness (QED) is 0.571. The van der Waals surface area contributed by atoms with E-state index in [1.807, 2.05) is 55.5 Å². The summed E-state index contributed by atoms with van der Waals surface area (Å²) in [6.45, 7) is 2.35. The van der Waals surface area contributed by atoms with Crippen molar-refractivity contribution in [2.24, 2.45) is 0 Å². The fourth-order valence-electron chi connectivity index (χ4n) is 2.93. The number of carbonyl (C=O) groups excluding carboxylic acids is 1. The summed E-state index contributed by atoms with van der Waals surface area (Å²) in [5.41, 5.74) is 0.942. The third kappa shape index (κ3) is 3.20. The molecule has 3 rings (SSSR count). The van der Waals surface area contributed by atoms with Crippen LogP contribution in [0.25, 0.3) is 0 Å². The number of epoxide rings is 1. The van der Waals surface area contributed by atoms with Crippen molar-refractivity contribution >= 4 is 5.97 Å². The lowest BCUT2D eigenvalue weighted by Gasteiger charge is -2.15. The maximum Gasteiger partial charge on any atom is 0.339 e. The van der Waals surface area contributed by atoms with E-state index in [0.717, 1.165) is 29.0 Å². The van der Waals surface area contributed by atoms with Gasteiger partial charge in [0.1, 0.15) is 11.5 Å². The van der Waals surface area contributed by atoms with Crippen LogP contribution in [0.1, 0.15) is 24.5 Å². The monoisotopic (exact) mass is 342 g/mol. The van der Waals surface area contributed by atoms with Gasteiger partial charge in [0.2, 0.25) is 0 Å². The summed E-state index contributed by atoms with van der Waals surface area (Å²) in [6.07, 6.45) is 0.122. The highest BCUT2D eigenvalue weighted by atomic mass is 16.7. The van der Waals surface area contributed by atoms with Gasteiger partial charge in [-0.3, -0.25) is 0 Å². The smallest absolute Gasteiger partial charge is 0.339 e. The molecule has 25 heavy (non-hydrogen) atoms. The minimum Gasteiger partial charge on any atom is -0.497 e. The zero-order valence-electron chi connectivity index (χ0n) is 14.7. The van der Waals surface area contributed by atoms with Gasteiger partial charge in [0.25, 0.3) is 0 Å². The summed E-state index contributed by atoms with van der Waals surface area (Å²) in [5, 5.41) is 0. The van der Waals surface area contributed by atoms with Crippen molar-refractivity contribution in [3.05, 3.63) is 59.7 Å². The van der Waals surface area contributed by atoms with Crippen molar-refractivity contribution in [2.75, 3.05) is 20.8 Å². The molecule has 0 amide bonds. The van der Waals surface area contributed by atoms with Crippen LogP contribution in [-0.4, -0.2) is 32.9 Å². The molecule has 0 bridgehead atoms. The topological polar surface area (TPSA) is 57.3 Å². The summed E-state index contributed by atoms with van der Waals surface area (Å²) in [5.74, 6) is 1.16. The van der Waals surface area contributed by atoms with E-state index >= 15 is 0 Å². The van der Waals surface area contributed by atoms with Crippen LogP contribution in [0.2, 0.25) is 0 Å². The van der Waals surface area contributed by atoms with Crippen molar-refractivity contribution in [3.8, 4) is 11.5 Å². The van der Waals surface area contributed by atoms with E-state index in [1.54, 1.807) is 14.2 Å². The predicted octanol–water partition coefficient (Wildman–Crippen LogP) is 3.30. The van der Waals surface area contributed by atoms with Crippen LogP contribution in [-0.2, 0) is 19.9 Å². The Bertz CT molecular complexity index is 673. The number of hydrogen-bond donors (Lipinski definition) is 0. The highest BCUT2D eigenvalue weighted by Crippen LogP contribution is 2.52. The zero-order valence-corrected chi connectivity index (χ0v) is 14.7. The maximum atomic E-state index is 12.4. The van der Waals surface area contributed by atoms with Crippen molar-refractivity contribution < 1.29 is 23.7 Å². The number of benzene rings is 2. The Morgan fingerprint density at radius 2 is 1.44 bits per heavy atom. The summed E-state index contributed by atoms with van der Waals surface area (Å²) < 4.78 is 21.6. The van der Waals surface area contributed by atoms with Crippen LogP contribution >= 0.6 is 0 Å². The lowest BCUT2D eigenvalue weighted by Crippen LogP contribution is -2.22. The number of rotatable bonds is 7. The van der Waals surface area contributed by atoms with Gasteiger partial charge in [-0.2, -0.15) is 0 Å².